The number of rotatable bonds is 13. The number of hydrogen-bond acceptors (Lipinski definition) is 8. The highest BCUT2D eigenvalue weighted by Gasteiger charge is 2.14. The lowest BCUT2D eigenvalue weighted by Gasteiger charge is -2.07. The highest BCUT2D eigenvalue weighted by atomic mass is 32.1. The molecular formula is C36H35N5O4S. The van der Waals surface area contributed by atoms with E-state index >= 15 is 0 Å². The molecule has 0 saturated carbocycles. The molecule has 6 aromatic rings. The Morgan fingerprint density at radius 2 is 1.67 bits per heavy atom. The fourth-order valence-electron chi connectivity index (χ4n) is 5.05. The molecule has 0 N–H and O–H groups in total. The third kappa shape index (κ3) is 6.87. The van der Waals surface area contributed by atoms with E-state index in [0.717, 1.165) is 40.2 Å². The molecular weight excluding hydrogens is 598 g/mol. The van der Waals surface area contributed by atoms with Crippen molar-refractivity contribution in [2.24, 2.45) is 0 Å². The summed E-state index contributed by atoms with van der Waals surface area (Å²) in [6.07, 6.45) is 12.1. The summed E-state index contributed by atoms with van der Waals surface area (Å²) in [7, 11) is 3.19. The van der Waals surface area contributed by atoms with E-state index in [-0.39, 0.29) is 5.56 Å². The van der Waals surface area contributed by atoms with Crippen molar-refractivity contribution in [3.8, 4) is 34.2 Å². The third-order valence-corrected chi connectivity index (χ3v) is 8.43. The lowest BCUT2D eigenvalue weighted by atomic mass is 10.1. The number of fused-ring (bicyclic) bond motifs is 1. The maximum atomic E-state index is 13.5. The van der Waals surface area contributed by atoms with Crippen molar-refractivity contribution in [2.45, 2.75) is 32.6 Å². The maximum Gasteiger partial charge on any atom is 0.291 e. The summed E-state index contributed by atoms with van der Waals surface area (Å²) in [6.45, 7) is 2.91. The number of ether oxygens (including phenoxy) is 3. The van der Waals surface area contributed by atoms with Crippen LogP contribution in [0.3, 0.4) is 0 Å². The molecule has 0 unspecified atom stereocenters. The quantitative estimate of drug-likeness (QED) is 0.131. The molecule has 0 radical (unpaired) electrons. The molecule has 0 amide bonds. The van der Waals surface area contributed by atoms with Gasteiger partial charge in [-0.25, -0.2) is 4.68 Å². The van der Waals surface area contributed by atoms with E-state index in [9.17, 15) is 4.79 Å². The number of nitrogens with zero attached hydrogens (tertiary/aromatic N) is 5. The van der Waals surface area contributed by atoms with Crippen LogP contribution in [0.25, 0.3) is 40.1 Å². The second-order valence-corrected chi connectivity index (χ2v) is 11.7. The van der Waals surface area contributed by atoms with Crippen molar-refractivity contribution < 1.29 is 14.2 Å². The smallest absolute Gasteiger partial charge is 0.291 e. The van der Waals surface area contributed by atoms with Crippen LogP contribution in [0.5, 0.6) is 17.2 Å². The van der Waals surface area contributed by atoms with Crippen LogP contribution in [-0.4, -0.2) is 45.2 Å². The van der Waals surface area contributed by atoms with Crippen LogP contribution in [0.2, 0.25) is 0 Å². The lowest BCUT2D eigenvalue weighted by Crippen LogP contribution is -2.23. The average Bonchev–Trinajstić information content (AvgIpc) is 3.78. The van der Waals surface area contributed by atoms with Gasteiger partial charge in [-0.05, 0) is 72.7 Å². The molecule has 0 aliphatic rings. The largest absolute Gasteiger partial charge is 0.494 e. The Bertz CT molecular complexity index is 2060. The molecule has 3 heterocycles. The van der Waals surface area contributed by atoms with Gasteiger partial charge in [0.2, 0.25) is 4.96 Å². The Morgan fingerprint density at radius 1 is 0.870 bits per heavy atom. The Balaban J connectivity index is 1.29. The SMILES string of the molecule is CCCCCCOc1ccc(-c2nn(-c3ccccc3)cc2/C=c2\sc3nc(/C=C/c4ccc(OC)c(OC)c4)nn3c2=O)cc1. The first kappa shape index (κ1) is 30.8. The zero-order valence-corrected chi connectivity index (χ0v) is 26.9. The molecule has 3 aromatic carbocycles. The summed E-state index contributed by atoms with van der Waals surface area (Å²) in [6, 6.07) is 23.5. The van der Waals surface area contributed by atoms with Gasteiger partial charge < -0.3 is 14.2 Å². The second kappa shape index (κ2) is 14.3. The number of unbranched alkanes of at least 4 members (excludes halogenated alkanes) is 3. The van der Waals surface area contributed by atoms with Crippen LogP contribution in [0.1, 0.15) is 49.6 Å². The van der Waals surface area contributed by atoms with Gasteiger partial charge in [-0.2, -0.15) is 14.6 Å². The van der Waals surface area contributed by atoms with Gasteiger partial charge in [0.15, 0.2) is 17.3 Å². The molecule has 46 heavy (non-hydrogen) atoms. The Hall–Kier alpha value is -5.22. The molecule has 0 spiro atoms. The molecule has 3 aromatic heterocycles. The van der Waals surface area contributed by atoms with Gasteiger partial charge in [0.25, 0.3) is 5.56 Å². The van der Waals surface area contributed by atoms with Crippen molar-refractivity contribution in [1.29, 1.82) is 0 Å². The normalized spacial score (nSPS) is 11.9. The standard InChI is InChI=1S/C36H35N5O4S/c1-4-5-6-10-21-45-29-17-15-26(16-18-29)34-27(24-40(39-34)28-11-8-7-9-12-28)23-32-35(42)41-36(46-32)37-33(38-41)20-14-25-13-19-30(43-2)31(22-25)44-3/h7-9,11-20,22-24H,4-6,10,21H2,1-3H3/b20-14+,32-23-. The molecule has 0 atom stereocenters. The van der Waals surface area contributed by atoms with Crippen molar-refractivity contribution in [3.63, 3.8) is 0 Å². The van der Waals surface area contributed by atoms with Gasteiger partial charge in [-0.15, -0.1) is 5.10 Å². The van der Waals surface area contributed by atoms with Crippen molar-refractivity contribution in [2.75, 3.05) is 20.8 Å². The van der Waals surface area contributed by atoms with E-state index < -0.39 is 0 Å². The molecule has 10 heteroatoms. The predicted octanol–water partition coefficient (Wildman–Crippen LogP) is 6.70. The average molecular weight is 634 g/mol. The molecule has 9 nitrogen and oxygen atoms in total. The fourth-order valence-corrected chi connectivity index (χ4v) is 5.95. The molecule has 0 aliphatic carbocycles. The van der Waals surface area contributed by atoms with E-state index in [2.05, 4.69) is 17.0 Å². The first-order chi connectivity index (χ1) is 22.6. The van der Waals surface area contributed by atoms with Crippen LogP contribution in [0, 0.1) is 0 Å². The molecule has 6 rings (SSSR count). The summed E-state index contributed by atoms with van der Waals surface area (Å²) in [5, 5.41) is 9.37. The molecule has 0 saturated heterocycles. The van der Waals surface area contributed by atoms with Crippen LogP contribution in [0.15, 0.2) is 83.8 Å². The van der Waals surface area contributed by atoms with E-state index in [0.29, 0.717) is 33.4 Å². The number of para-hydroxylation sites is 1. The zero-order chi connectivity index (χ0) is 31.9. The summed E-state index contributed by atoms with van der Waals surface area (Å²) in [4.78, 5) is 18.5. The van der Waals surface area contributed by atoms with Crippen LogP contribution in [-0.2, 0) is 0 Å². The lowest BCUT2D eigenvalue weighted by molar-refractivity contribution is 0.305. The summed E-state index contributed by atoms with van der Waals surface area (Å²) in [5.74, 6) is 2.55. The first-order valence-electron chi connectivity index (χ1n) is 15.3. The molecule has 0 aliphatic heterocycles. The van der Waals surface area contributed by atoms with Crippen LogP contribution in [0.4, 0.5) is 0 Å². The van der Waals surface area contributed by atoms with Crippen molar-refractivity contribution >= 4 is 34.5 Å². The minimum Gasteiger partial charge on any atom is -0.494 e. The number of hydrogen-bond donors (Lipinski definition) is 0. The number of aromatic nitrogens is 5. The molecule has 0 bridgehead atoms. The van der Waals surface area contributed by atoms with E-state index in [1.54, 1.807) is 20.3 Å². The van der Waals surface area contributed by atoms with E-state index in [1.165, 1.54) is 35.1 Å². The van der Waals surface area contributed by atoms with E-state index in [1.807, 2.05) is 95.8 Å². The van der Waals surface area contributed by atoms with Gasteiger partial charge >= 0.3 is 0 Å². The number of benzene rings is 3. The monoisotopic (exact) mass is 633 g/mol. The Kier molecular flexibility index (Phi) is 9.54. The Labute approximate surface area is 271 Å². The third-order valence-electron chi connectivity index (χ3n) is 7.47. The predicted molar refractivity (Wildman–Crippen MR) is 183 cm³/mol. The van der Waals surface area contributed by atoms with Gasteiger partial charge in [0, 0.05) is 17.3 Å². The summed E-state index contributed by atoms with van der Waals surface area (Å²) < 4.78 is 20.3. The maximum absolute atomic E-state index is 13.5. The van der Waals surface area contributed by atoms with Gasteiger partial charge in [0.05, 0.1) is 31.0 Å². The van der Waals surface area contributed by atoms with Crippen molar-refractivity contribution in [1.82, 2.24) is 24.4 Å². The zero-order valence-electron chi connectivity index (χ0n) is 26.1. The molecule has 0 fully saturated rings. The molecule has 234 valence electrons. The fraction of sp³-hybridized carbons (Fsp3) is 0.222. The van der Waals surface area contributed by atoms with Gasteiger partial charge in [-0.1, -0.05) is 67.9 Å². The minimum atomic E-state index is -0.233. The minimum absolute atomic E-state index is 0.233. The van der Waals surface area contributed by atoms with Crippen LogP contribution < -0.4 is 24.3 Å². The van der Waals surface area contributed by atoms with Crippen molar-refractivity contribution in [3.05, 3.63) is 111 Å². The van der Waals surface area contributed by atoms with Crippen LogP contribution >= 0.6 is 11.3 Å². The van der Waals surface area contributed by atoms with E-state index in [4.69, 9.17) is 19.3 Å². The highest BCUT2D eigenvalue weighted by molar-refractivity contribution is 7.15. The number of methoxy groups -OCH3 is 2. The number of thiazole rings is 1. The summed E-state index contributed by atoms with van der Waals surface area (Å²) >= 11 is 1.29. The second-order valence-electron chi connectivity index (χ2n) is 10.7. The topological polar surface area (TPSA) is 92.8 Å². The van der Waals surface area contributed by atoms with Gasteiger partial charge in [0.1, 0.15) is 11.4 Å². The summed E-state index contributed by atoms with van der Waals surface area (Å²) in [5.41, 5.74) is 4.08. The highest BCUT2D eigenvalue weighted by Crippen LogP contribution is 2.29. The Morgan fingerprint density at radius 3 is 2.41 bits per heavy atom. The first-order valence-corrected chi connectivity index (χ1v) is 16.1. The van der Waals surface area contributed by atoms with Gasteiger partial charge in [-0.3, -0.25) is 4.79 Å².